The van der Waals surface area contributed by atoms with Gasteiger partial charge >= 0.3 is 12.2 Å². The number of nitrogens with zero attached hydrogens (tertiary/aromatic N) is 3. The predicted octanol–water partition coefficient (Wildman–Crippen LogP) is 4.91. The van der Waals surface area contributed by atoms with Crippen LogP contribution in [0.25, 0.3) is 11.6 Å². The van der Waals surface area contributed by atoms with E-state index in [0.29, 0.717) is 96.5 Å². The molecule has 2 aromatic rings. The summed E-state index contributed by atoms with van der Waals surface area (Å²) in [4.78, 5) is 120. The average Bonchev–Trinajstić information content (AvgIpc) is 1.67. The molecule has 10 heterocycles. The molecular formula is C62H92BrFN10O18. The summed E-state index contributed by atoms with van der Waals surface area (Å²) in [6, 6.07) is 1.54. The molecule has 9 aliphatic rings. The van der Waals surface area contributed by atoms with Crippen molar-refractivity contribution in [1.82, 2.24) is 41.6 Å². The first-order chi connectivity index (χ1) is 43.7. The van der Waals surface area contributed by atoms with Gasteiger partial charge in [0, 0.05) is 80.8 Å². The van der Waals surface area contributed by atoms with E-state index < -0.39 is 59.3 Å². The third kappa shape index (κ3) is 22.4. The van der Waals surface area contributed by atoms with Crippen molar-refractivity contribution in [2.24, 2.45) is 29.4 Å². The van der Waals surface area contributed by atoms with E-state index in [1.165, 1.54) is 46.2 Å². The number of rotatable bonds is 12. The number of hydrogen-bond acceptors (Lipinski definition) is 19. The fraction of sp³-hybridized carbons (Fsp3) is 0.677. The summed E-state index contributed by atoms with van der Waals surface area (Å²) in [5.41, 5.74) is 9.97. The number of benzene rings is 1. The summed E-state index contributed by atoms with van der Waals surface area (Å²) >= 11 is 3.46. The first kappa shape index (κ1) is 73.1. The lowest BCUT2D eigenvalue weighted by Crippen LogP contribution is -2.45. The lowest BCUT2D eigenvalue weighted by molar-refractivity contribution is -0.166. The van der Waals surface area contributed by atoms with Gasteiger partial charge in [-0.2, -0.15) is 0 Å². The molecule has 8 saturated heterocycles. The lowest BCUT2D eigenvalue weighted by Gasteiger charge is -2.25. The Morgan fingerprint density at radius 3 is 1.51 bits per heavy atom. The number of aromatic amines is 1. The van der Waals surface area contributed by atoms with Crippen LogP contribution in [0.3, 0.4) is 0 Å². The molecular weight excluding hydrogens is 1270 g/mol. The third-order valence-corrected chi connectivity index (χ3v) is 16.8. The Balaban J connectivity index is 0.000000179. The van der Waals surface area contributed by atoms with Crippen LogP contribution in [-0.2, 0) is 71.7 Å². The van der Waals surface area contributed by atoms with Gasteiger partial charge in [0.1, 0.15) is 61.0 Å². The molecule has 1 aromatic heterocycles. The standard InChI is InChI=1S/C25H27FN4O5.C14H24N2O5.C9H16N2O3.C8H14N2O4.C6H11BrO/c1-13-20(10-18-17-9-16(26)3-4-19(17)28-23(18)31)27-14(2)22(13)24(32)29-21-12-35-30(25(21)33)11-15-5-7-34-8-6-15;1-14(2,3)21-13(18)15-11-9-20-16(12(11)17)8-10-4-6-19-7-5-10;10-8-6-14-11(9(8)12)5-7-1-3-13-4-2-7;1-8(2,3)14-7(12)9-5-4-13-10-6(5)11;7-5-6-1-3-8-4-2-6/h3-4,9-10,15,21,27H,5-8,11-12H2,1-2H3,(H,28,31)(H,29,32);10-11H,4-9H2,1-3H3,(H,15,18);7-8H,1-6,10H2;5H,4H2,1-3H3,(H,9,12)(H,10,11);6H,1-5H2/b18-10-;;;;/t21-;11-;8-;5-;/m1111./s1. The van der Waals surface area contributed by atoms with Gasteiger partial charge in [-0.15, -0.1) is 0 Å². The second kappa shape index (κ2) is 34.7. The highest BCUT2D eigenvalue weighted by Gasteiger charge is 2.39. The molecule has 0 bridgehead atoms. The van der Waals surface area contributed by atoms with E-state index in [1.54, 1.807) is 61.5 Å². The van der Waals surface area contributed by atoms with Crippen molar-refractivity contribution >= 4 is 80.9 Å². The highest BCUT2D eigenvalue weighted by molar-refractivity contribution is 9.09. The Morgan fingerprint density at radius 1 is 0.641 bits per heavy atom. The second-order valence-electron chi connectivity index (χ2n) is 25.6. The summed E-state index contributed by atoms with van der Waals surface area (Å²) in [5.74, 6) is -0.0402. The minimum Gasteiger partial charge on any atom is -0.444 e. The average molecular weight is 1360 g/mol. The number of anilines is 1. The van der Waals surface area contributed by atoms with Crippen molar-refractivity contribution in [3.05, 3.63) is 52.1 Å². The number of aryl methyl sites for hydroxylation is 1. The minimum absolute atomic E-state index is 0.0791. The van der Waals surface area contributed by atoms with Crippen LogP contribution < -0.4 is 32.5 Å². The molecule has 512 valence electrons. The maximum Gasteiger partial charge on any atom is 0.408 e. The number of alkyl carbamates (subject to hydrolysis) is 2. The molecule has 11 rings (SSSR count). The van der Waals surface area contributed by atoms with Gasteiger partial charge in [-0.05, 0) is 160 Å². The van der Waals surface area contributed by atoms with E-state index in [-0.39, 0.29) is 49.4 Å². The number of H-pyrrole nitrogens is 1. The second-order valence-corrected chi connectivity index (χ2v) is 26.3. The summed E-state index contributed by atoms with van der Waals surface area (Å²) < 4.78 is 44.9. The molecule has 8 fully saturated rings. The largest absolute Gasteiger partial charge is 0.444 e. The van der Waals surface area contributed by atoms with Gasteiger partial charge in [-0.25, -0.2) is 34.6 Å². The van der Waals surface area contributed by atoms with Crippen molar-refractivity contribution in [3.63, 3.8) is 0 Å². The summed E-state index contributed by atoms with van der Waals surface area (Å²) in [7, 11) is 0. The number of hydroxylamine groups is 7. The minimum atomic E-state index is -0.770. The molecule has 92 heavy (non-hydrogen) atoms. The smallest absolute Gasteiger partial charge is 0.408 e. The fourth-order valence-corrected chi connectivity index (χ4v) is 11.4. The van der Waals surface area contributed by atoms with Gasteiger partial charge in [0.25, 0.3) is 35.4 Å². The third-order valence-electron chi connectivity index (χ3n) is 15.9. The number of alkyl halides is 1. The van der Waals surface area contributed by atoms with Gasteiger partial charge in [-0.1, -0.05) is 15.9 Å². The molecule has 30 heteroatoms. The number of ether oxygens (including phenoxy) is 6. The van der Waals surface area contributed by atoms with E-state index in [4.69, 9.17) is 48.7 Å². The van der Waals surface area contributed by atoms with Gasteiger partial charge in [0.2, 0.25) is 0 Å². The Kier molecular flexibility index (Phi) is 27.6. The van der Waals surface area contributed by atoms with E-state index in [1.807, 2.05) is 0 Å². The van der Waals surface area contributed by atoms with Crippen LogP contribution in [0.2, 0.25) is 0 Å². The molecule has 0 saturated carbocycles. The van der Waals surface area contributed by atoms with Crippen molar-refractivity contribution < 1.29 is 90.5 Å². The van der Waals surface area contributed by atoms with Crippen molar-refractivity contribution in [3.8, 4) is 0 Å². The molecule has 0 spiro atoms. The zero-order valence-corrected chi connectivity index (χ0v) is 55.5. The molecule has 0 unspecified atom stereocenters. The first-order valence-corrected chi connectivity index (χ1v) is 32.6. The fourth-order valence-electron chi connectivity index (χ4n) is 10.7. The summed E-state index contributed by atoms with van der Waals surface area (Å²) in [5, 5.41) is 15.7. The van der Waals surface area contributed by atoms with Gasteiger partial charge in [-0.3, -0.25) is 48.1 Å². The normalized spacial score (nSPS) is 23.6. The van der Waals surface area contributed by atoms with Gasteiger partial charge < -0.3 is 60.4 Å². The number of aromatic nitrogens is 1. The zero-order chi connectivity index (χ0) is 66.7. The van der Waals surface area contributed by atoms with Crippen molar-refractivity contribution in [2.45, 2.75) is 142 Å². The van der Waals surface area contributed by atoms with Gasteiger partial charge in [0.15, 0.2) is 0 Å². The summed E-state index contributed by atoms with van der Waals surface area (Å²) in [6.45, 7) is 22.8. The number of hydrogen-bond donors (Lipinski definition) is 7. The topological polar surface area (TPSA) is 341 Å². The maximum absolute atomic E-state index is 13.8. The van der Waals surface area contributed by atoms with Crippen LogP contribution in [0.4, 0.5) is 19.7 Å². The van der Waals surface area contributed by atoms with Crippen molar-refractivity contribution in [1.29, 1.82) is 0 Å². The highest BCUT2D eigenvalue weighted by atomic mass is 79.9. The van der Waals surface area contributed by atoms with Crippen LogP contribution in [0, 0.1) is 43.3 Å². The number of amides is 8. The Morgan fingerprint density at radius 2 is 1.09 bits per heavy atom. The van der Waals surface area contributed by atoms with Gasteiger partial charge in [0.05, 0.1) is 37.4 Å². The lowest BCUT2D eigenvalue weighted by atomic mass is 10.0. The SMILES string of the molecule is BrCC1CCOCC1.CC(C)(C)OC(=O)N[C@@H]1CON(CC2CCOCC2)C1=O.CC(C)(C)OC(=O)N[C@@H]1CONC1=O.Cc1[nH]c(/C=C2\C(=O)Nc3ccc(F)cc32)c(C)c1C(=O)N[C@@H]1CON(CC2CCOCC2)C1=O.N[C@@H]1CON(CC2CCOCC2)C1=O. The van der Waals surface area contributed by atoms with Crippen LogP contribution in [0.5, 0.6) is 0 Å². The Bertz CT molecular complexity index is 2880. The monoisotopic (exact) mass is 1360 g/mol. The predicted molar refractivity (Wildman–Crippen MR) is 334 cm³/mol. The van der Waals surface area contributed by atoms with Crippen molar-refractivity contribution in [2.75, 3.05) is 110 Å². The Hall–Kier alpha value is -6.35. The van der Waals surface area contributed by atoms with Crippen LogP contribution >= 0.6 is 15.9 Å². The maximum atomic E-state index is 13.8. The number of carbonyl (C=O) groups excluding carboxylic acids is 8. The number of fused-ring (bicyclic) bond motifs is 1. The number of nitrogens with one attached hydrogen (secondary N) is 6. The molecule has 28 nitrogen and oxygen atoms in total. The highest BCUT2D eigenvalue weighted by Crippen LogP contribution is 2.35. The van der Waals surface area contributed by atoms with E-state index in [9.17, 15) is 42.7 Å². The Labute approximate surface area is 544 Å². The number of carbonyl (C=O) groups is 8. The van der Waals surface area contributed by atoms with E-state index >= 15 is 0 Å². The molecule has 0 aliphatic carbocycles. The first-order valence-electron chi connectivity index (χ1n) is 31.4. The summed E-state index contributed by atoms with van der Waals surface area (Å²) in [6.07, 6.45) is 8.48. The van der Waals surface area contributed by atoms with Crippen LogP contribution in [0.1, 0.15) is 126 Å². The van der Waals surface area contributed by atoms with Crippen LogP contribution in [0.15, 0.2) is 18.2 Å². The number of halogens is 2. The van der Waals surface area contributed by atoms with Crippen LogP contribution in [-0.4, -0.2) is 207 Å². The zero-order valence-electron chi connectivity index (χ0n) is 53.9. The molecule has 0 radical (unpaired) electrons. The van der Waals surface area contributed by atoms with E-state index in [0.717, 1.165) is 89.4 Å². The molecule has 8 amide bonds. The number of nitrogens with two attached hydrogens (primary N) is 1. The molecule has 9 aliphatic heterocycles. The quantitative estimate of drug-likeness (QED) is 0.110. The molecule has 8 N–H and O–H groups in total. The molecule has 4 atom stereocenters. The molecule has 1 aromatic carbocycles. The van der Waals surface area contributed by atoms with E-state index in [2.05, 4.69) is 52.5 Å².